The number of para-hydroxylation sites is 1. The molecule has 2 aromatic rings. The Kier molecular flexibility index (Phi) is 4.70. The number of nitrogens with two attached hydrogens (primary N) is 1. The summed E-state index contributed by atoms with van der Waals surface area (Å²) in [6.07, 6.45) is 0. The van der Waals surface area contributed by atoms with Gasteiger partial charge >= 0.3 is 0 Å². The fraction of sp³-hybridized carbons (Fsp3) is 0.143. The summed E-state index contributed by atoms with van der Waals surface area (Å²) in [7, 11) is 0. The van der Waals surface area contributed by atoms with Crippen molar-refractivity contribution in [3.63, 3.8) is 0 Å². The van der Waals surface area contributed by atoms with Gasteiger partial charge in [-0.2, -0.15) is 0 Å². The lowest BCUT2D eigenvalue weighted by Crippen LogP contribution is -2.01. The lowest BCUT2D eigenvalue weighted by Gasteiger charge is -2.09. The second-order valence-corrected chi connectivity index (χ2v) is 5.00. The van der Waals surface area contributed by atoms with Gasteiger partial charge in [0, 0.05) is 12.6 Å². The van der Waals surface area contributed by atoms with Gasteiger partial charge in [-0.25, -0.2) is 0 Å². The maximum Gasteiger partial charge on any atom is 0.276 e. The van der Waals surface area contributed by atoms with Crippen molar-refractivity contribution in [1.29, 1.82) is 0 Å². The molecule has 0 aromatic heterocycles. The first kappa shape index (κ1) is 14.5. The van der Waals surface area contributed by atoms with Gasteiger partial charge < -0.3 is 10.5 Å². The van der Waals surface area contributed by atoms with E-state index in [-0.39, 0.29) is 12.3 Å². The lowest BCUT2D eigenvalue weighted by molar-refractivity contribution is -0.385. The van der Waals surface area contributed by atoms with Crippen LogP contribution in [0, 0.1) is 10.1 Å². The van der Waals surface area contributed by atoms with E-state index in [1.165, 1.54) is 6.07 Å². The highest BCUT2D eigenvalue weighted by molar-refractivity contribution is 9.10. The van der Waals surface area contributed by atoms with Gasteiger partial charge in [-0.05, 0) is 39.7 Å². The van der Waals surface area contributed by atoms with E-state index in [9.17, 15) is 10.1 Å². The lowest BCUT2D eigenvalue weighted by atomic mass is 10.2. The van der Waals surface area contributed by atoms with Crippen molar-refractivity contribution in [3.8, 4) is 5.75 Å². The van der Waals surface area contributed by atoms with Crippen LogP contribution in [0.3, 0.4) is 0 Å². The number of rotatable bonds is 5. The van der Waals surface area contributed by atoms with Crippen molar-refractivity contribution < 1.29 is 9.66 Å². The first-order chi connectivity index (χ1) is 9.61. The number of halogens is 1. The molecular formula is C14H13BrN2O3. The summed E-state index contributed by atoms with van der Waals surface area (Å²) in [6, 6.07) is 12.0. The molecule has 5 nitrogen and oxygen atoms in total. The van der Waals surface area contributed by atoms with Crippen LogP contribution in [0.2, 0.25) is 0 Å². The highest BCUT2D eigenvalue weighted by atomic mass is 79.9. The van der Waals surface area contributed by atoms with Crippen molar-refractivity contribution in [2.45, 2.75) is 13.2 Å². The number of hydrogen-bond acceptors (Lipinski definition) is 4. The SMILES string of the molecule is NCc1ccc(OCc2ccccc2[N+](=O)[O-])c(Br)c1. The molecule has 0 aliphatic heterocycles. The molecule has 0 radical (unpaired) electrons. The molecule has 0 bridgehead atoms. The summed E-state index contributed by atoms with van der Waals surface area (Å²) in [5.74, 6) is 0.625. The third-order valence-corrected chi connectivity index (χ3v) is 3.42. The number of benzene rings is 2. The molecule has 0 saturated heterocycles. The quantitative estimate of drug-likeness (QED) is 0.670. The molecule has 2 rings (SSSR count). The first-order valence-electron chi connectivity index (χ1n) is 5.95. The van der Waals surface area contributed by atoms with Crippen LogP contribution in [0.4, 0.5) is 5.69 Å². The largest absolute Gasteiger partial charge is 0.487 e. The molecule has 0 spiro atoms. The van der Waals surface area contributed by atoms with E-state index < -0.39 is 4.92 Å². The molecule has 0 aliphatic rings. The zero-order valence-electron chi connectivity index (χ0n) is 10.6. The van der Waals surface area contributed by atoms with Crippen molar-refractivity contribution in [1.82, 2.24) is 0 Å². The maximum atomic E-state index is 10.9. The molecule has 104 valence electrons. The van der Waals surface area contributed by atoms with Crippen molar-refractivity contribution in [3.05, 3.63) is 68.2 Å². The summed E-state index contributed by atoms with van der Waals surface area (Å²) >= 11 is 3.39. The molecule has 2 aromatic carbocycles. The zero-order chi connectivity index (χ0) is 14.5. The summed E-state index contributed by atoms with van der Waals surface area (Å²) in [6.45, 7) is 0.584. The highest BCUT2D eigenvalue weighted by Crippen LogP contribution is 2.28. The second-order valence-electron chi connectivity index (χ2n) is 4.14. The third kappa shape index (κ3) is 3.34. The van der Waals surface area contributed by atoms with Crippen LogP contribution in [0.25, 0.3) is 0 Å². The van der Waals surface area contributed by atoms with Crippen LogP contribution in [-0.4, -0.2) is 4.92 Å². The number of hydrogen-bond donors (Lipinski definition) is 1. The van der Waals surface area contributed by atoms with Gasteiger partial charge in [0.05, 0.1) is 15.0 Å². The first-order valence-corrected chi connectivity index (χ1v) is 6.74. The monoisotopic (exact) mass is 336 g/mol. The Bertz CT molecular complexity index is 632. The molecular weight excluding hydrogens is 324 g/mol. The van der Waals surface area contributed by atoms with Gasteiger partial charge in [0.15, 0.2) is 0 Å². The normalized spacial score (nSPS) is 10.3. The summed E-state index contributed by atoms with van der Waals surface area (Å²) in [5, 5.41) is 10.9. The molecule has 20 heavy (non-hydrogen) atoms. The van der Waals surface area contributed by atoms with E-state index in [0.717, 1.165) is 10.0 Å². The average Bonchev–Trinajstić information content (AvgIpc) is 2.46. The van der Waals surface area contributed by atoms with Gasteiger partial charge in [0.2, 0.25) is 0 Å². The van der Waals surface area contributed by atoms with Gasteiger partial charge in [-0.1, -0.05) is 18.2 Å². The number of nitro groups is 1. The van der Waals surface area contributed by atoms with E-state index in [2.05, 4.69) is 15.9 Å². The van der Waals surface area contributed by atoms with Crippen molar-refractivity contribution >= 4 is 21.6 Å². The molecule has 0 amide bonds. The molecule has 6 heteroatoms. The number of ether oxygens (including phenoxy) is 1. The third-order valence-electron chi connectivity index (χ3n) is 2.80. The second kappa shape index (κ2) is 6.49. The molecule has 2 N–H and O–H groups in total. The van der Waals surface area contributed by atoms with Crippen LogP contribution in [0.1, 0.15) is 11.1 Å². The van der Waals surface area contributed by atoms with Gasteiger partial charge in [-0.15, -0.1) is 0 Å². The number of nitro benzene ring substituents is 1. The van der Waals surface area contributed by atoms with E-state index in [4.69, 9.17) is 10.5 Å². The molecule has 0 aliphatic carbocycles. The van der Waals surface area contributed by atoms with E-state index >= 15 is 0 Å². The van der Waals surface area contributed by atoms with Crippen LogP contribution >= 0.6 is 15.9 Å². The predicted octanol–water partition coefficient (Wildman–Crippen LogP) is 3.40. The fourth-order valence-electron chi connectivity index (χ4n) is 1.75. The van der Waals surface area contributed by atoms with Crippen LogP contribution in [0.15, 0.2) is 46.9 Å². The number of nitrogens with zero attached hydrogens (tertiary/aromatic N) is 1. The Balaban J connectivity index is 2.15. The summed E-state index contributed by atoms with van der Waals surface area (Å²) in [5.41, 5.74) is 7.12. The minimum atomic E-state index is -0.411. The van der Waals surface area contributed by atoms with Crippen LogP contribution in [-0.2, 0) is 13.2 Å². The summed E-state index contributed by atoms with van der Waals surface area (Å²) < 4.78 is 6.40. The minimum absolute atomic E-state index is 0.0576. The van der Waals surface area contributed by atoms with E-state index in [0.29, 0.717) is 17.9 Å². The Morgan fingerprint density at radius 2 is 2.00 bits per heavy atom. The van der Waals surface area contributed by atoms with Gasteiger partial charge in [0.1, 0.15) is 12.4 Å². The zero-order valence-corrected chi connectivity index (χ0v) is 12.2. The smallest absolute Gasteiger partial charge is 0.276 e. The Morgan fingerprint density at radius 1 is 1.25 bits per heavy atom. The van der Waals surface area contributed by atoms with Gasteiger partial charge in [0.25, 0.3) is 5.69 Å². The molecule has 0 atom stereocenters. The van der Waals surface area contributed by atoms with Gasteiger partial charge in [-0.3, -0.25) is 10.1 Å². The molecule has 0 unspecified atom stereocenters. The topological polar surface area (TPSA) is 78.4 Å². The van der Waals surface area contributed by atoms with Crippen LogP contribution in [0.5, 0.6) is 5.75 Å². The Morgan fingerprint density at radius 3 is 2.65 bits per heavy atom. The molecule has 0 heterocycles. The Hall–Kier alpha value is -1.92. The molecule has 0 fully saturated rings. The van der Waals surface area contributed by atoms with Crippen LogP contribution < -0.4 is 10.5 Å². The standard InChI is InChI=1S/C14H13BrN2O3/c15-12-7-10(8-16)5-6-14(12)20-9-11-3-1-2-4-13(11)17(18)19/h1-7H,8-9,16H2. The minimum Gasteiger partial charge on any atom is -0.487 e. The Labute approximate surface area is 124 Å². The van der Waals surface area contributed by atoms with E-state index in [1.807, 2.05) is 12.1 Å². The molecule has 0 saturated carbocycles. The maximum absolute atomic E-state index is 10.9. The average molecular weight is 337 g/mol. The highest BCUT2D eigenvalue weighted by Gasteiger charge is 2.13. The summed E-state index contributed by atoms with van der Waals surface area (Å²) in [4.78, 5) is 10.5. The predicted molar refractivity (Wildman–Crippen MR) is 79.5 cm³/mol. The fourth-order valence-corrected chi connectivity index (χ4v) is 2.30. The van der Waals surface area contributed by atoms with Crippen molar-refractivity contribution in [2.24, 2.45) is 5.73 Å². The van der Waals surface area contributed by atoms with Crippen molar-refractivity contribution in [2.75, 3.05) is 0 Å². The van der Waals surface area contributed by atoms with E-state index in [1.54, 1.807) is 24.3 Å².